The number of ether oxygens (including phenoxy) is 2. The van der Waals surface area contributed by atoms with Gasteiger partial charge in [-0.05, 0) is 37.0 Å². The number of esters is 1. The summed E-state index contributed by atoms with van der Waals surface area (Å²) >= 11 is 11.8. The molecule has 0 aliphatic rings. The zero-order chi connectivity index (χ0) is 17.1. The molecule has 5 heteroatoms. The Morgan fingerprint density at radius 3 is 2.65 bits per heavy atom. The van der Waals surface area contributed by atoms with Crippen LogP contribution < -0.4 is 4.74 Å². The van der Waals surface area contributed by atoms with E-state index in [0.29, 0.717) is 47.8 Å². The van der Waals surface area contributed by atoms with Gasteiger partial charge in [0.2, 0.25) is 0 Å². The SMILES string of the molecule is CCCC[C@H](CC)COC(=O)CCCOc1ccc(Cl)cc1Cl. The lowest BCUT2D eigenvalue weighted by atomic mass is 10.0. The minimum atomic E-state index is -0.161. The van der Waals surface area contributed by atoms with Gasteiger partial charge in [0.15, 0.2) is 0 Å². The largest absolute Gasteiger partial charge is 0.492 e. The lowest BCUT2D eigenvalue weighted by Gasteiger charge is -2.14. The number of unbranched alkanes of at least 4 members (excludes halogenated alkanes) is 1. The molecule has 23 heavy (non-hydrogen) atoms. The van der Waals surface area contributed by atoms with Gasteiger partial charge < -0.3 is 9.47 Å². The van der Waals surface area contributed by atoms with Gasteiger partial charge in [-0.3, -0.25) is 4.79 Å². The van der Waals surface area contributed by atoms with E-state index in [9.17, 15) is 4.79 Å². The van der Waals surface area contributed by atoms with E-state index in [1.165, 1.54) is 12.8 Å². The summed E-state index contributed by atoms with van der Waals surface area (Å²) < 4.78 is 10.9. The smallest absolute Gasteiger partial charge is 0.305 e. The summed E-state index contributed by atoms with van der Waals surface area (Å²) in [7, 11) is 0. The van der Waals surface area contributed by atoms with Crippen molar-refractivity contribution in [2.24, 2.45) is 5.92 Å². The van der Waals surface area contributed by atoms with Crippen LogP contribution in [-0.2, 0) is 9.53 Å². The predicted octanol–water partition coefficient (Wildman–Crippen LogP) is 5.91. The van der Waals surface area contributed by atoms with Crippen molar-refractivity contribution in [1.82, 2.24) is 0 Å². The summed E-state index contributed by atoms with van der Waals surface area (Å²) in [5.41, 5.74) is 0. The molecule has 1 aromatic rings. The molecule has 0 saturated carbocycles. The van der Waals surface area contributed by atoms with Crippen molar-refractivity contribution in [3.05, 3.63) is 28.2 Å². The quantitative estimate of drug-likeness (QED) is 0.363. The van der Waals surface area contributed by atoms with Crippen LogP contribution >= 0.6 is 23.2 Å². The highest BCUT2D eigenvalue weighted by atomic mass is 35.5. The van der Waals surface area contributed by atoms with E-state index in [-0.39, 0.29) is 5.97 Å². The van der Waals surface area contributed by atoms with E-state index in [1.807, 2.05) is 0 Å². The molecule has 0 N–H and O–H groups in total. The fourth-order valence-corrected chi connectivity index (χ4v) is 2.64. The van der Waals surface area contributed by atoms with E-state index in [1.54, 1.807) is 18.2 Å². The molecule has 0 radical (unpaired) electrons. The molecule has 0 saturated heterocycles. The number of halogens is 2. The number of hydrogen-bond acceptors (Lipinski definition) is 3. The van der Waals surface area contributed by atoms with Crippen molar-refractivity contribution >= 4 is 29.2 Å². The number of hydrogen-bond donors (Lipinski definition) is 0. The van der Waals surface area contributed by atoms with E-state index >= 15 is 0 Å². The van der Waals surface area contributed by atoms with Crippen LogP contribution in [0.4, 0.5) is 0 Å². The van der Waals surface area contributed by atoms with Crippen LogP contribution in [0.25, 0.3) is 0 Å². The van der Waals surface area contributed by atoms with Gasteiger partial charge in [-0.15, -0.1) is 0 Å². The summed E-state index contributed by atoms with van der Waals surface area (Å²) in [5, 5.41) is 1.04. The molecule has 1 aromatic carbocycles. The average Bonchev–Trinajstić information content (AvgIpc) is 2.53. The standard InChI is InChI=1S/C18H26Cl2O3/c1-3-5-7-14(4-2)13-23-18(21)8-6-11-22-17-10-9-15(19)12-16(17)20/h9-10,12,14H,3-8,11,13H2,1-2H3/t14-/m0/s1. The number of carbonyl (C=O) groups excluding carboxylic acids is 1. The van der Waals surface area contributed by atoms with Crippen molar-refractivity contribution in [2.75, 3.05) is 13.2 Å². The highest BCUT2D eigenvalue weighted by Gasteiger charge is 2.10. The maximum atomic E-state index is 11.7. The first-order chi connectivity index (χ1) is 11.1. The summed E-state index contributed by atoms with van der Waals surface area (Å²) in [6.45, 7) is 5.26. The third kappa shape index (κ3) is 8.47. The van der Waals surface area contributed by atoms with Crippen LogP contribution in [0.5, 0.6) is 5.75 Å². The fraction of sp³-hybridized carbons (Fsp3) is 0.611. The lowest BCUT2D eigenvalue weighted by molar-refractivity contribution is -0.145. The van der Waals surface area contributed by atoms with Crippen molar-refractivity contribution < 1.29 is 14.3 Å². The normalized spacial score (nSPS) is 12.0. The highest BCUT2D eigenvalue weighted by Crippen LogP contribution is 2.27. The fourth-order valence-electron chi connectivity index (χ4n) is 2.17. The monoisotopic (exact) mass is 360 g/mol. The molecule has 130 valence electrons. The Kier molecular flexibility index (Phi) is 10.1. The zero-order valence-electron chi connectivity index (χ0n) is 13.9. The number of carbonyl (C=O) groups is 1. The van der Waals surface area contributed by atoms with Crippen LogP contribution in [0.2, 0.25) is 10.0 Å². The second-order valence-corrected chi connectivity index (χ2v) is 6.47. The molecule has 0 fully saturated rings. The minimum Gasteiger partial charge on any atom is -0.492 e. The van der Waals surface area contributed by atoms with E-state index < -0.39 is 0 Å². The zero-order valence-corrected chi connectivity index (χ0v) is 15.5. The maximum Gasteiger partial charge on any atom is 0.305 e. The van der Waals surface area contributed by atoms with Crippen LogP contribution in [0.15, 0.2) is 18.2 Å². The summed E-state index contributed by atoms with van der Waals surface area (Å²) in [5.74, 6) is 0.892. The predicted molar refractivity (Wildman–Crippen MR) is 95.5 cm³/mol. The molecule has 0 aromatic heterocycles. The van der Waals surface area contributed by atoms with Gasteiger partial charge in [0.25, 0.3) is 0 Å². The summed E-state index contributed by atoms with van der Waals surface area (Å²) in [6.07, 6.45) is 5.49. The third-order valence-electron chi connectivity index (χ3n) is 3.70. The molecule has 0 heterocycles. The van der Waals surface area contributed by atoms with Crippen LogP contribution in [0.1, 0.15) is 52.4 Å². The van der Waals surface area contributed by atoms with E-state index in [4.69, 9.17) is 32.7 Å². The minimum absolute atomic E-state index is 0.161. The first-order valence-electron chi connectivity index (χ1n) is 8.30. The van der Waals surface area contributed by atoms with Gasteiger partial charge in [0, 0.05) is 11.4 Å². The molecule has 0 aliphatic carbocycles. The summed E-state index contributed by atoms with van der Waals surface area (Å²) in [6, 6.07) is 5.08. The van der Waals surface area contributed by atoms with Crippen LogP contribution in [-0.4, -0.2) is 19.2 Å². The van der Waals surface area contributed by atoms with Crippen molar-refractivity contribution in [3.63, 3.8) is 0 Å². The molecule has 0 amide bonds. The Hall–Kier alpha value is -0.930. The molecule has 0 unspecified atom stereocenters. The average molecular weight is 361 g/mol. The van der Waals surface area contributed by atoms with Crippen LogP contribution in [0, 0.1) is 5.92 Å². The topological polar surface area (TPSA) is 35.5 Å². The van der Waals surface area contributed by atoms with Gasteiger partial charge in [-0.25, -0.2) is 0 Å². The Labute approximate surface area is 149 Å². The molecule has 0 bridgehead atoms. The molecule has 0 aliphatic heterocycles. The lowest BCUT2D eigenvalue weighted by Crippen LogP contribution is -2.14. The second-order valence-electron chi connectivity index (χ2n) is 5.63. The van der Waals surface area contributed by atoms with Crippen LogP contribution in [0.3, 0.4) is 0 Å². The highest BCUT2D eigenvalue weighted by molar-refractivity contribution is 6.35. The molecular weight excluding hydrogens is 335 g/mol. The first kappa shape index (κ1) is 20.1. The molecular formula is C18H26Cl2O3. The maximum absolute atomic E-state index is 11.7. The van der Waals surface area contributed by atoms with Crippen molar-refractivity contribution in [2.45, 2.75) is 52.4 Å². The van der Waals surface area contributed by atoms with Gasteiger partial charge in [-0.1, -0.05) is 56.3 Å². The van der Waals surface area contributed by atoms with Gasteiger partial charge >= 0.3 is 5.97 Å². The van der Waals surface area contributed by atoms with Crippen molar-refractivity contribution in [1.29, 1.82) is 0 Å². The van der Waals surface area contributed by atoms with Crippen molar-refractivity contribution in [3.8, 4) is 5.75 Å². The second kappa shape index (κ2) is 11.6. The Balaban J connectivity index is 2.18. The number of rotatable bonds is 11. The Bertz CT molecular complexity index is 477. The van der Waals surface area contributed by atoms with E-state index in [0.717, 1.165) is 12.8 Å². The van der Waals surface area contributed by atoms with Gasteiger partial charge in [-0.2, -0.15) is 0 Å². The summed E-state index contributed by atoms with van der Waals surface area (Å²) in [4.78, 5) is 11.7. The number of benzene rings is 1. The molecule has 3 nitrogen and oxygen atoms in total. The first-order valence-corrected chi connectivity index (χ1v) is 9.05. The third-order valence-corrected chi connectivity index (χ3v) is 4.23. The van der Waals surface area contributed by atoms with Gasteiger partial charge in [0.1, 0.15) is 5.75 Å². The Morgan fingerprint density at radius 1 is 1.22 bits per heavy atom. The Morgan fingerprint density at radius 2 is 2.00 bits per heavy atom. The molecule has 1 rings (SSSR count). The molecule has 1 atom stereocenters. The van der Waals surface area contributed by atoms with Gasteiger partial charge in [0.05, 0.1) is 18.2 Å². The molecule has 0 spiro atoms. The van der Waals surface area contributed by atoms with E-state index in [2.05, 4.69) is 13.8 Å².